The van der Waals surface area contributed by atoms with Gasteiger partial charge in [-0.3, -0.25) is 9.59 Å². The molecule has 0 aliphatic carbocycles. The van der Waals surface area contributed by atoms with E-state index in [4.69, 9.17) is 4.74 Å². The smallest absolute Gasteiger partial charge is 0.270 e. The zero-order valence-corrected chi connectivity index (χ0v) is 14.5. The molecule has 0 aliphatic heterocycles. The van der Waals surface area contributed by atoms with Crippen molar-refractivity contribution in [2.24, 2.45) is 0 Å². The number of aromatic amines is 1. The van der Waals surface area contributed by atoms with Crippen LogP contribution in [0.1, 0.15) is 33.3 Å². The summed E-state index contributed by atoms with van der Waals surface area (Å²) in [5, 5.41) is 2.19. The number of hydrogen-bond donors (Lipinski definition) is 1. The number of ketones is 1. The number of nitrogens with one attached hydrogen (secondary N) is 1. The van der Waals surface area contributed by atoms with Crippen LogP contribution in [0.4, 0.5) is 0 Å². The zero-order valence-electron chi connectivity index (χ0n) is 14.5. The number of amides is 1. The van der Waals surface area contributed by atoms with Crippen molar-refractivity contribution in [3.05, 3.63) is 65.5 Å². The van der Waals surface area contributed by atoms with E-state index in [1.165, 1.54) is 6.92 Å². The summed E-state index contributed by atoms with van der Waals surface area (Å²) in [5.41, 5.74) is 1.96. The average Bonchev–Trinajstić information content (AvgIpc) is 3.11. The molecule has 0 bridgehead atoms. The minimum atomic E-state index is -0.151. The SMILES string of the molecule is COc1ccc2cc(CN(C)C(=O)c3cc(C(C)=O)c[nH]3)ccc2c1. The van der Waals surface area contributed by atoms with E-state index >= 15 is 0 Å². The zero-order chi connectivity index (χ0) is 18.0. The van der Waals surface area contributed by atoms with Gasteiger partial charge < -0.3 is 14.6 Å². The molecule has 0 unspecified atom stereocenters. The van der Waals surface area contributed by atoms with Crippen molar-refractivity contribution in [3.63, 3.8) is 0 Å². The van der Waals surface area contributed by atoms with Gasteiger partial charge in [0.05, 0.1) is 7.11 Å². The molecule has 2 aromatic carbocycles. The normalized spacial score (nSPS) is 10.7. The van der Waals surface area contributed by atoms with Crippen LogP contribution in [0.2, 0.25) is 0 Å². The van der Waals surface area contributed by atoms with E-state index in [1.807, 2.05) is 30.3 Å². The minimum Gasteiger partial charge on any atom is -0.497 e. The lowest BCUT2D eigenvalue weighted by atomic mass is 10.1. The third kappa shape index (κ3) is 3.55. The van der Waals surface area contributed by atoms with E-state index in [-0.39, 0.29) is 11.7 Å². The Labute approximate surface area is 146 Å². The first-order chi connectivity index (χ1) is 12.0. The third-order valence-electron chi connectivity index (χ3n) is 4.20. The number of carbonyl (C=O) groups is 2. The standard InChI is InChI=1S/C20H20N2O3/c1-13(23)17-10-19(21-11-17)20(24)22(2)12-14-4-5-16-9-18(25-3)7-6-15(16)8-14/h4-11,21H,12H2,1-3H3. The Balaban J connectivity index is 1.77. The maximum atomic E-state index is 12.5. The molecule has 0 fully saturated rings. The predicted molar refractivity (Wildman–Crippen MR) is 97.1 cm³/mol. The van der Waals surface area contributed by atoms with E-state index in [0.29, 0.717) is 17.8 Å². The van der Waals surface area contributed by atoms with Crippen molar-refractivity contribution in [2.75, 3.05) is 14.2 Å². The molecule has 0 saturated carbocycles. The van der Waals surface area contributed by atoms with Gasteiger partial charge >= 0.3 is 0 Å². The average molecular weight is 336 g/mol. The Morgan fingerprint density at radius 2 is 1.80 bits per heavy atom. The second kappa shape index (κ2) is 6.81. The van der Waals surface area contributed by atoms with Crippen LogP contribution < -0.4 is 4.74 Å². The number of benzene rings is 2. The number of methoxy groups -OCH3 is 1. The molecule has 0 aliphatic rings. The summed E-state index contributed by atoms with van der Waals surface area (Å²) >= 11 is 0. The fourth-order valence-electron chi connectivity index (χ4n) is 2.77. The largest absolute Gasteiger partial charge is 0.497 e. The number of nitrogens with zero attached hydrogens (tertiary/aromatic N) is 1. The van der Waals surface area contributed by atoms with Crippen LogP contribution in [0, 0.1) is 0 Å². The number of hydrogen-bond acceptors (Lipinski definition) is 3. The molecule has 1 N–H and O–H groups in total. The van der Waals surface area contributed by atoms with Crippen LogP contribution in [0.25, 0.3) is 10.8 Å². The Kier molecular flexibility index (Phi) is 4.57. The highest BCUT2D eigenvalue weighted by Gasteiger charge is 2.15. The van der Waals surface area contributed by atoms with E-state index in [1.54, 1.807) is 31.3 Å². The summed E-state index contributed by atoms with van der Waals surface area (Å²) in [4.78, 5) is 28.4. The number of rotatable bonds is 5. The van der Waals surface area contributed by atoms with Crippen molar-refractivity contribution < 1.29 is 14.3 Å². The molecule has 0 saturated heterocycles. The first-order valence-corrected chi connectivity index (χ1v) is 7.99. The molecule has 1 heterocycles. The van der Waals surface area contributed by atoms with Crippen molar-refractivity contribution in [1.82, 2.24) is 9.88 Å². The molecule has 0 atom stereocenters. The summed E-state index contributed by atoms with van der Waals surface area (Å²) in [5.74, 6) is 0.603. The van der Waals surface area contributed by atoms with Crippen LogP contribution >= 0.6 is 0 Å². The summed E-state index contributed by atoms with van der Waals surface area (Å²) in [7, 11) is 3.39. The molecule has 5 heteroatoms. The molecule has 0 spiro atoms. The van der Waals surface area contributed by atoms with Crippen molar-refractivity contribution in [3.8, 4) is 5.75 Å². The molecule has 25 heavy (non-hydrogen) atoms. The second-order valence-electron chi connectivity index (χ2n) is 6.07. The molecule has 1 aromatic heterocycles. The maximum Gasteiger partial charge on any atom is 0.270 e. The van der Waals surface area contributed by atoms with Crippen molar-refractivity contribution in [1.29, 1.82) is 0 Å². The molecule has 0 radical (unpaired) electrons. The van der Waals surface area contributed by atoms with Gasteiger partial charge in [-0.2, -0.15) is 0 Å². The Morgan fingerprint density at radius 3 is 2.48 bits per heavy atom. The predicted octanol–water partition coefficient (Wildman–Crippen LogP) is 3.65. The van der Waals surface area contributed by atoms with Gasteiger partial charge in [0.15, 0.2) is 5.78 Å². The Morgan fingerprint density at radius 1 is 1.08 bits per heavy atom. The van der Waals surface area contributed by atoms with Gasteiger partial charge in [0.1, 0.15) is 11.4 Å². The topological polar surface area (TPSA) is 62.4 Å². The van der Waals surface area contributed by atoms with E-state index in [9.17, 15) is 9.59 Å². The highest BCUT2D eigenvalue weighted by Crippen LogP contribution is 2.22. The fourth-order valence-corrected chi connectivity index (χ4v) is 2.77. The van der Waals surface area contributed by atoms with Gasteiger partial charge in [-0.25, -0.2) is 0 Å². The minimum absolute atomic E-state index is 0.0667. The lowest BCUT2D eigenvalue weighted by Gasteiger charge is -2.17. The van der Waals surface area contributed by atoms with Gasteiger partial charge in [0.25, 0.3) is 5.91 Å². The first-order valence-electron chi connectivity index (χ1n) is 7.99. The fraction of sp³-hybridized carbons (Fsp3) is 0.200. The van der Waals surface area contributed by atoms with E-state index < -0.39 is 0 Å². The highest BCUT2D eigenvalue weighted by molar-refractivity contribution is 5.99. The van der Waals surface area contributed by atoms with Crippen LogP contribution in [-0.2, 0) is 6.54 Å². The Bertz CT molecular complexity index is 943. The van der Waals surface area contributed by atoms with Crippen LogP contribution in [0.15, 0.2) is 48.7 Å². The number of Topliss-reactive ketones (excluding diaryl/α,β-unsaturated/α-hetero) is 1. The third-order valence-corrected chi connectivity index (χ3v) is 4.20. The van der Waals surface area contributed by atoms with Gasteiger partial charge in [-0.1, -0.05) is 18.2 Å². The van der Waals surface area contributed by atoms with Gasteiger partial charge in [-0.05, 0) is 47.5 Å². The summed E-state index contributed by atoms with van der Waals surface area (Å²) in [6.45, 7) is 1.96. The lowest BCUT2D eigenvalue weighted by Crippen LogP contribution is -2.26. The van der Waals surface area contributed by atoms with Gasteiger partial charge in [0, 0.05) is 25.4 Å². The molecule has 3 aromatic rings. The first kappa shape index (κ1) is 16.8. The second-order valence-corrected chi connectivity index (χ2v) is 6.07. The van der Waals surface area contributed by atoms with E-state index in [2.05, 4.69) is 11.1 Å². The number of carbonyl (C=O) groups excluding carboxylic acids is 2. The van der Waals surface area contributed by atoms with Crippen LogP contribution in [0.3, 0.4) is 0 Å². The number of H-pyrrole nitrogens is 1. The van der Waals surface area contributed by atoms with Crippen LogP contribution in [-0.4, -0.2) is 35.7 Å². The maximum absolute atomic E-state index is 12.5. The van der Waals surface area contributed by atoms with Crippen molar-refractivity contribution in [2.45, 2.75) is 13.5 Å². The molecule has 5 nitrogen and oxygen atoms in total. The van der Waals surface area contributed by atoms with Crippen molar-refractivity contribution >= 4 is 22.5 Å². The number of ether oxygens (including phenoxy) is 1. The number of fused-ring (bicyclic) bond motifs is 1. The summed E-state index contributed by atoms with van der Waals surface area (Å²) in [6.07, 6.45) is 1.56. The van der Waals surface area contributed by atoms with Gasteiger partial charge in [-0.15, -0.1) is 0 Å². The van der Waals surface area contributed by atoms with Gasteiger partial charge in [0.2, 0.25) is 0 Å². The monoisotopic (exact) mass is 336 g/mol. The molecular formula is C20H20N2O3. The number of aromatic nitrogens is 1. The molecule has 128 valence electrons. The van der Waals surface area contributed by atoms with E-state index in [0.717, 1.165) is 22.1 Å². The quantitative estimate of drug-likeness (QED) is 0.723. The summed E-state index contributed by atoms with van der Waals surface area (Å²) in [6, 6.07) is 13.6. The molecular weight excluding hydrogens is 316 g/mol. The molecule has 3 rings (SSSR count). The lowest BCUT2D eigenvalue weighted by molar-refractivity contribution is 0.0780. The summed E-state index contributed by atoms with van der Waals surface area (Å²) < 4.78 is 5.24. The van der Waals surface area contributed by atoms with Crippen LogP contribution in [0.5, 0.6) is 5.75 Å². The Hall–Kier alpha value is -3.08. The molecule has 1 amide bonds. The highest BCUT2D eigenvalue weighted by atomic mass is 16.5.